The maximum absolute atomic E-state index is 12.8. The van der Waals surface area contributed by atoms with E-state index >= 15 is 0 Å². The summed E-state index contributed by atoms with van der Waals surface area (Å²) in [5, 5.41) is 3.45. The van der Waals surface area contributed by atoms with Gasteiger partial charge in [-0.3, -0.25) is 9.69 Å². The Morgan fingerprint density at radius 2 is 2.13 bits per heavy atom. The Morgan fingerprint density at radius 1 is 1.35 bits per heavy atom. The van der Waals surface area contributed by atoms with Crippen molar-refractivity contribution in [2.75, 3.05) is 13.2 Å². The van der Waals surface area contributed by atoms with E-state index in [0.29, 0.717) is 10.8 Å². The number of hydrogen-bond acceptors (Lipinski definition) is 3. The van der Waals surface area contributed by atoms with E-state index in [2.05, 4.69) is 5.32 Å². The van der Waals surface area contributed by atoms with Crippen molar-refractivity contribution in [3.05, 3.63) is 29.3 Å². The Morgan fingerprint density at radius 3 is 2.87 bits per heavy atom. The van der Waals surface area contributed by atoms with Crippen LogP contribution in [0.4, 0.5) is 4.79 Å². The Hall–Kier alpha value is -1.75. The van der Waals surface area contributed by atoms with E-state index in [9.17, 15) is 9.59 Å². The molecule has 0 unspecified atom stereocenters. The lowest BCUT2D eigenvalue weighted by Crippen LogP contribution is -2.54. The number of imide groups is 1. The number of halogens is 1. The monoisotopic (exact) mass is 336 g/mol. The zero-order valence-corrected chi connectivity index (χ0v) is 13.9. The lowest BCUT2D eigenvalue weighted by Gasteiger charge is -2.36. The summed E-state index contributed by atoms with van der Waals surface area (Å²) in [6, 6.07) is 6.84. The molecule has 124 valence electrons. The highest BCUT2D eigenvalue weighted by Gasteiger charge is 2.54. The van der Waals surface area contributed by atoms with Crippen molar-refractivity contribution in [2.45, 2.75) is 38.1 Å². The zero-order valence-electron chi connectivity index (χ0n) is 13.2. The van der Waals surface area contributed by atoms with Gasteiger partial charge < -0.3 is 10.1 Å². The van der Waals surface area contributed by atoms with Crippen LogP contribution in [0, 0.1) is 5.92 Å². The van der Waals surface area contributed by atoms with E-state index in [-0.39, 0.29) is 31.0 Å². The number of benzene rings is 1. The smallest absolute Gasteiger partial charge is 0.325 e. The van der Waals surface area contributed by atoms with Crippen LogP contribution in [0.5, 0.6) is 5.75 Å². The molecule has 1 aliphatic carbocycles. The van der Waals surface area contributed by atoms with Crippen molar-refractivity contribution in [1.29, 1.82) is 0 Å². The molecule has 2 fully saturated rings. The van der Waals surface area contributed by atoms with Gasteiger partial charge >= 0.3 is 6.03 Å². The molecule has 6 heteroatoms. The maximum Gasteiger partial charge on any atom is 0.325 e. The number of nitrogens with one attached hydrogen (secondary N) is 1. The maximum atomic E-state index is 12.8. The van der Waals surface area contributed by atoms with Crippen LogP contribution in [-0.4, -0.2) is 35.5 Å². The number of hydrogen-bond donors (Lipinski definition) is 1. The number of ether oxygens (including phenoxy) is 1. The highest BCUT2D eigenvalue weighted by Crippen LogP contribution is 2.38. The highest BCUT2D eigenvalue weighted by molar-refractivity contribution is 6.32. The summed E-state index contributed by atoms with van der Waals surface area (Å²) in [5.41, 5.74) is -0.709. The van der Waals surface area contributed by atoms with Crippen molar-refractivity contribution in [2.24, 2.45) is 5.92 Å². The first-order chi connectivity index (χ1) is 11.0. The van der Waals surface area contributed by atoms with Crippen molar-refractivity contribution in [3.63, 3.8) is 0 Å². The molecular weight excluding hydrogens is 316 g/mol. The molecule has 1 aromatic rings. The van der Waals surface area contributed by atoms with Gasteiger partial charge in [-0.25, -0.2) is 4.79 Å². The number of carbonyl (C=O) groups is 2. The van der Waals surface area contributed by atoms with Crippen LogP contribution in [0.1, 0.15) is 32.6 Å². The fourth-order valence-corrected chi connectivity index (χ4v) is 3.70. The average molecular weight is 337 g/mol. The Balaban J connectivity index is 1.63. The molecule has 0 radical (unpaired) electrons. The predicted molar refractivity (Wildman–Crippen MR) is 87.6 cm³/mol. The molecule has 1 heterocycles. The summed E-state index contributed by atoms with van der Waals surface area (Å²) in [6.07, 6.45) is 3.78. The molecule has 3 amide bonds. The topological polar surface area (TPSA) is 58.6 Å². The van der Waals surface area contributed by atoms with Crippen LogP contribution in [-0.2, 0) is 4.79 Å². The lowest BCUT2D eigenvalue weighted by molar-refractivity contribution is -0.134. The standard InChI is InChI=1S/C17H21ClN2O3/c1-12-6-4-5-9-17(12)15(21)20(16(22)19-17)10-11-23-14-8-3-2-7-13(14)18/h2-3,7-8,12H,4-6,9-11H2,1H3,(H,19,22)/t12-,17-/m0/s1. The molecule has 1 N–H and O–H groups in total. The molecule has 3 rings (SSSR count). The summed E-state index contributed by atoms with van der Waals surface area (Å²) in [4.78, 5) is 26.3. The van der Waals surface area contributed by atoms with Crippen LogP contribution in [0.3, 0.4) is 0 Å². The van der Waals surface area contributed by atoms with Gasteiger partial charge in [0, 0.05) is 0 Å². The third-order valence-electron chi connectivity index (χ3n) is 4.91. The van der Waals surface area contributed by atoms with E-state index < -0.39 is 5.54 Å². The van der Waals surface area contributed by atoms with Crippen molar-refractivity contribution in [1.82, 2.24) is 10.2 Å². The summed E-state index contributed by atoms with van der Waals surface area (Å²) in [5.74, 6) is 0.613. The third-order valence-corrected chi connectivity index (χ3v) is 5.22. The van der Waals surface area contributed by atoms with Crippen molar-refractivity contribution < 1.29 is 14.3 Å². The summed E-state index contributed by atoms with van der Waals surface area (Å²) in [6.45, 7) is 2.50. The predicted octanol–water partition coefficient (Wildman–Crippen LogP) is 3.22. The number of carbonyl (C=O) groups excluding carboxylic acids is 2. The van der Waals surface area contributed by atoms with Gasteiger partial charge in [0.25, 0.3) is 5.91 Å². The van der Waals surface area contributed by atoms with Crippen LogP contribution < -0.4 is 10.1 Å². The molecule has 23 heavy (non-hydrogen) atoms. The molecule has 1 saturated heterocycles. The minimum atomic E-state index is -0.709. The first-order valence-electron chi connectivity index (χ1n) is 8.06. The quantitative estimate of drug-likeness (QED) is 0.859. The van der Waals surface area contributed by atoms with E-state index in [1.54, 1.807) is 12.1 Å². The molecule has 0 aromatic heterocycles. The van der Waals surface area contributed by atoms with Crippen LogP contribution in [0.25, 0.3) is 0 Å². The van der Waals surface area contributed by atoms with Crippen LogP contribution in [0.15, 0.2) is 24.3 Å². The molecule has 1 saturated carbocycles. The highest BCUT2D eigenvalue weighted by atomic mass is 35.5. The van der Waals surface area contributed by atoms with E-state index in [4.69, 9.17) is 16.3 Å². The fourth-order valence-electron chi connectivity index (χ4n) is 3.51. The van der Waals surface area contributed by atoms with E-state index in [1.807, 2.05) is 19.1 Å². The van der Waals surface area contributed by atoms with Gasteiger partial charge in [-0.15, -0.1) is 0 Å². The summed E-state index contributed by atoms with van der Waals surface area (Å²) >= 11 is 6.03. The normalized spacial score (nSPS) is 27.4. The van der Waals surface area contributed by atoms with Gasteiger partial charge in [0.2, 0.25) is 0 Å². The zero-order chi connectivity index (χ0) is 16.4. The molecule has 1 aromatic carbocycles. The number of amides is 3. The van der Waals surface area contributed by atoms with Crippen molar-refractivity contribution in [3.8, 4) is 5.75 Å². The molecule has 1 spiro atoms. The molecular formula is C17H21ClN2O3. The van der Waals surface area contributed by atoms with Crippen molar-refractivity contribution >= 4 is 23.5 Å². The molecule has 2 aliphatic rings. The number of urea groups is 1. The molecule has 1 aliphatic heterocycles. The number of rotatable bonds is 4. The minimum absolute atomic E-state index is 0.113. The Labute approximate surface area is 140 Å². The van der Waals surface area contributed by atoms with E-state index in [0.717, 1.165) is 25.7 Å². The fraction of sp³-hybridized carbons (Fsp3) is 0.529. The Bertz CT molecular complexity index is 622. The molecule has 2 atom stereocenters. The largest absolute Gasteiger partial charge is 0.490 e. The van der Waals surface area contributed by atoms with Crippen LogP contribution >= 0.6 is 11.6 Å². The Kier molecular flexibility index (Phi) is 4.48. The van der Waals surface area contributed by atoms with E-state index in [1.165, 1.54) is 4.90 Å². The second kappa shape index (κ2) is 6.40. The van der Waals surface area contributed by atoms with Crippen LogP contribution in [0.2, 0.25) is 5.02 Å². The third kappa shape index (κ3) is 2.90. The first kappa shape index (κ1) is 16.1. The number of para-hydroxylation sites is 1. The molecule has 0 bridgehead atoms. The second-order valence-electron chi connectivity index (χ2n) is 6.28. The van der Waals surface area contributed by atoms with Gasteiger partial charge in [0.1, 0.15) is 17.9 Å². The summed E-state index contributed by atoms with van der Waals surface area (Å²) < 4.78 is 5.59. The lowest BCUT2D eigenvalue weighted by atomic mass is 9.73. The average Bonchev–Trinajstić information content (AvgIpc) is 2.77. The van der Waals surface area contributed by atoms with Gasteiger partial charge in [0.05, 0.1) is 11.6 Å². The SMILES string of the molecule is C[C@H]1CCCC[C@]12NC(=O)N(CCOc1ccccc1Cl)C2=O. The van der Waals surface area contributed by atoms with Gasteiger partial charge in [-0.2, -0.15) is 0 Å². The summed E-state index contributed by atoms with van der Waals surface area (Å²) in [7, 11) is 0. The minimum Gasteiger partial charge on any atom is -0.490 e. The number of nitrogens with zero attached hydrogens (tertiary/aromatic N) is 1. The first-order valence-corrected chi connectivity index (χ1v) is 8.44. The second-order valence-corrected chi connectivity index (χ2v) is 6.69. The van der Waals surface area contributed by atoms with Gasteiger partial charge in [0.15, 0.2) is 0 Å². The van der Waals surface area contributed by atoms with Gasteiger partial charge in [-0.05, 0) is 30.9 Å². The molecule has 5 nitrogen and oxygen atoms in total. The van der Waals surface area contributed by atoms with Gasteiger partial charge in [-0.1, -0.05) is 43.5 Å².